The zero-order chi connectivity index (χ0) is 11.1. The fourth-order valence-corrected chi connectivity index (χ4v) is 2.52. The maximum Gasteiger partial charge on any atom is 0.194 e. The molecular weight excluding hydrogens is 223 g/mol. The molecule has 0 bridgehead atoms. The van der Waals surface area contributed by atoms with Crippen molar-refractivity contribution >= 4 is 16.3 Å². The van der Waals surface area contributed by atoms with Crippen LogP contribution in [0, 0.1) is 12.7 Å². The first-order valence-corrected chi connectivity index (χ1v) is 5.76. The summed E-state index contributed by atoms with van der Waals surface area (Å²) >= 11 is 1.60. The van der Waals surface area contributed by atoms with Gasteiger partial charge in [-0.1, -0.05) is 12.1 Å². The van der Waals surface area contributed by atoms with Gasteiger partial charge >= 0.3 is 0 Å². The van der Waals surface area contributed by atoms with E-state index in [4.69, 9.17) is 0 Å². The molecule has 0 aliphatic rings. The third kappa shape index (κ3) is 1.42. The van der Waals surface area contributed by atoms with Crippen molar-refractivity contribution in [3.8, 4) is 11.3 Å². The van der Waals surface area contributed by atoms with Gasteiger partial charge in [0.05, 0.1) is 5.69 Å². The summed E-state index contributed by atoms with van der Waals surface area (Å²) < 4.78 is 15.5. The Balaban J connectivity index is 2.19. The van der Waals surface area contributed by atoms with E-state index in [1.807, 2.05) is 29.8 Å². The lowest BCUT2D eigenvalue weighted by molar-refractivity contribution is 0.631. The minimum atomic E-state index is -0.232. The summed E-state index contributed by atoms with van der Waals surface area (Å²) in [6.45, 7) is 2.03. The molecule has 0 amide bonds. The minimum absolute atomic E-state index is 0.232. The lowest BCUT2D eigenvalue weighted by Gasteiger charge is -1.96. The number of thiazole rings is 1. The lowest BCUT2D eigenvalue weighted by atomic mass is 10.1. The zero-order valence-corrected chi connectivity index (χ0v) is 9.46. The van der Waals surface area contributed by atoms with Crippen LogP contribution in [0.4, 0.5) is 4.39 Å². The van der Waals surface area contributed by atoms with Gasteiger partial charge in [0, 0.05) is 22.8 Å². The molecule has 0 N–H and O–H groups in total. The summed E-state index contributed by atoms with van der Waals surface area (Å²) in [4.78, 5) is 6.50. The van der Waals surface area contributed by atoms with E-state index in [1.54, 1.807) is 23.5 Å². The molecule has 3 rings (SSSR count). The summed E-state index contributed by atoms with van der Waals surface area (Å²) in [6.07, 6.45) is 3.86. The molecule has 80 valence electrons. The van der Waals surface area contributed by atoms with Crippen molar-refractivity contribution in [2.24, 2.45) is 0 Å². The summed E-state index contributed by atoms with van der Waals surface area (Å²) in [7, 11) is 0. The summed E-state index contributed by atoms with van der Waals surface area (Å²) in [5, 5.41) is 0. The standard InChI is InChI=1S/C12H9FN2S/c1-8-6-15-7-11(14-12(15)16-8)9-4-2-3-5-10(9)13/h2-7H,1H3. The molecule has 0 saturated heterocycles. The Labute approximate surface area is 96.0 Å². The van der Waals surface area contributed by atoms with Crippen molar-refractivity contribution in [3.63, 3.8) is 0 Å². The molecule has 4 heteroatoms. The lowest BCUT2D eigenvalue weighted by Crippen LogP contribution is -1.82. The topological polar surface area (TPSA) is 17.3 Å². The van der Waals surface area contributed by atoms with Crippen LogP contribution >= 0.6 is 11.3 Å². The number of fused-ring (bicyclic) bond motifs is 1. The van der Waals surface area contributed by atoms with E-state index in [-0.39, 0.29) is 5.82 Å². The molecule has 0 aliphatic carbocycles. The molecule has 0 radical (unpaired) electrons. The molecule has 0 saturated carbocycles. The average Bonchev–Trinajstić information content (AvgIpc) is 2.75. The largest absolute Gasteiger partial charge is 0.297 e. The van der Waals surface area contributed by atoms with Crippen molar-refractivity contribution in [1.82, 2.24) is 9.38 Å². The third-order valence-corrected chi connectivity index (χ3v) is 3.33. The van der Waals surface area contributed by atoms with E-state index in [2.05, 4.69) is 4.98 Å². The number of hydrogen-bond donors (Lipinski definition) is 0. The van der Waals surface area contributed by atoms with Crippen LogP contribution in [0.15, 0.2) is 36.7 Å². The van der Waals surface area contributed by atoms with Gasteiger partial charge in [-0.25, -0.2) is 9.37 Å². The maximum atomic E-state index is 13.5. The van der Waals surface area contributed by atoms with Gasteiger partial charge in [0.1, 0.15) is 5.82 Å². The molecular formula is C12H9FN2S. The van der Waals surface area contributed by atoms with Gasteiger partial charge in [-0.3, -0.25) is 4.40 Å². The monoisotopic (exact) mass is 232 g/mol. The van der Waals surface area contributed by atoms with Gasteiger partial charge < -0.3 is 0 Å². The highest BCUT2D eigenvalue weighted by atomic mass is 32.1. The number of rotatable bonds is 1. The van der Waals surface area contributed by atoms with Gasteiger partial charge in [0.15, 0.2) is 4.96 Å². The van der Waals surface area contributed by atoms with Crippen LogP contribution in [0.3, 0.4) is 0 Å². The van der Waals surface area contributed by atoms with Crippen LogP contribution < -0.4 is 0 Å². The predicted molar refractivity (Wildman–Crippen MR) is 63.2 cm³/mol. The van der Waals surface area contributed by atoms with Gasteiger partial charge in [0.2, 0.25) is 0 Å². The summed E-state index contributed by atoms with van der Waals surface area (Å²) in [5.41, 5.74) is 1.24. The van der Waals surface area contributed by atoms with E-state index in [0.717, 1.165) is 4.96 Å². The van der Waals surface area contributed by atoms with Gasteiger partial charge in [-0.05, 0) is 19.1 Å². The number of imidazole rings is 1. The van der Waals surface area contributed by atoms with Crippen LogP contribution in [0.2, 0.25) is 0 Å². The Morgan fingerprint density at radius 3 is 2.81 bits per heavy atom. The molecule has 0 atom stereocenters. The molecule has 1 aromatic carbocycles. The first-order chi connectivity index (χ1) is 7.74. The number of nitrogens with zero attached hydrogens (tertiary/aromatic N) is 2. The number of benzene rings is 1. The Bertz CT molecular complexity index is 622. The van der Waals surface area contributed by atoms with E-state index < -0.39 is 0 Å². The Morgan fingerprint density at radius 2 is 2.06 bits per heavy atom. The molecule has 0 spiro atoms. The summed E-state index contributed by atoms with van der Waals surface area (Å²) in [6, 6.07) is 6.70. The van der Waals surface area contributed by atoms with Crippen LogP contribution in [0.5, 0.6) is 0 Å². The Kier molecular flexibility index (Phi) is 2.04. The molecule has 2 heterocycles. The van der Waals surface area contributed by atoms with E-state index in [1.165, 1.54) is 10.9 Å². The molecule has 0 unspecified atom stereocenters. The van der Waals surface area contributed by atoms with Crippen LogP contribution in [-0.4, -0.2) is 9.38 Å². The molecule has 16 heavy (non-hydrogen) atoms. The van der Waals surface area contributed by atoms with Crippen LogP contribution in [0.25, 0.3) is 16.2 Å². The van der Waals surface area contributed by atoms with Crippen molar-refractivity contribution in [2.45, 2.75) is 6.92 Å². The van der Waals surface area contributed by atoms with Crippen molar-refractivity contribution < 1.29 is 4.39 Å². The maximum absolute atomic E-state index is 13.5. The second-order valence-electron chi connectivity index (χ2n) is 3.64. The molecule has 3 aromatic rings. The van der Waals surface area contributed by atoms with Crippen LogP contribution in [-0.2, 0) is 0 Å². The highest BCUT2D eigenvalue weighted by Crippen LogP contribution is 2.25. The second-order valence-corrected chi connectivity index (χ2v) is 4.85. The smallest absolute Gasteiger partial charge is 0.194 e. The second kappa shape index (κ2) is 3.42. The number of aromatic nitrogens is 2. The van der Waals surface area contributed by atoms with Gasteiger partial charge in [-0.15, -0.1) is 11.3 Å². The van der Waals surface area contributed by atoms with Crippen molar-refractivity contribution in [3.05, 3.63) is 47.4 Å². The molecule has 2 nitrogen and oxygen atoms in total. The minimum Gasteiger partial charge on any atom is -0.297 e. The molecule has 0 fully saturated rings. The van der Waals surface area contributed by atoms with Gasteiger partial charge in [-0.2, -0.15) is 0 Å². The third-order valence-electron chi connectivity index (χ3n) is 2.42. The van der Waals surface area contributed by atoms with E-state index in [0.29, 0.717) is 11.3 Å². The van der Waals surface area contributed by atoms with Crippen molar-refractivity contribution in [2.75, 3.05) is 0 Å². The molecule has 0 aliphatic heterocycles. The highest BCUT2D eigenvalue weighted by Gasteiger charge is 2.09. The molecule has 2 aromatic heterocycles. The summed E-state index contributed by atoms with van der Waals surface area (Å²) in [5.74, 6) is -0.232. The van der Waals surface area contributed by atoms with E-state index >= 15 is 0 Å². The van der Waals surface area contributed by atoms with Gasteiger partial charge in [0.25, 0.3) is 0 Å². The van der Waals surface area contributed by atoms with E-state index in [9.17, 15) is 4.39 Å². The SMILES string of the molecule is Cc1cn2cc(-c3ccccc3F)nc2s1. The quantitative estimate of drug-likeness (QED) is 0.627. The van der Waals surface area contributed by atoms with Crippen LogP contribution in [0.1, 0.15) is 4.88 Å². The fraction of sp³-hybridized carbons (Fsp3) is 0.0833. The Hall–Kier alpha value is -1.68. The first-order valence-electron chi connectivity index (χ1n) is 4.94. The number of hydrogen-bond acceptors (Lipinski definition) is 2. The number of aryl methyl sites for hydroxylation is 1. The first kappa shape index (κ1) is 9.54. The average molecular weight is 232 g/mol. The predicted octanol–water partition coefficient (Wildman–Crippen LogP) is 3.51. The van der Waals surface area contributed by atoms with Crippen molar-refractivity contribution in [1.29, 1.82) is 0 Å². The Morgan fingerprint density at radius 1 is 1.25 bits per heavy atom. The normalized spacial score (nSPS) is 11.1. The number of halogens is 1. The zero-order valence-electron chi connectivity index (χ0n) is 8.64. The fourth-order valence-electron chi connectivity index (χ4n) is 1.71. The highest BCUT2D eigenvalue weighted by molar-refractivity contribution is 7.17.